The van der Waals surface area contributed by atoms with E-state index in [2.05, 4.69) is 20.9 Å². The maximum Gasteiger partial charge on any atom is 0.330 e. The fraction of sp³-hybridized carbons (Fsp3) is 0.409. The highest BCUT2D eigenvalue weighted by molar-refractivity contribution is 9.10. The number of hydrogen-bond donors (Lipinski definition) is 2. The van der Waals surface area contributed by atoms with Crippen LogP contribution in [0.5, 0.6) is 0 Å². The molecule has 0 spiro atoms. The lowest BCUT2D eigenvalue weighted by molar-refractivity contribution is 0.0961. The molecule has 3 N–H and O–H groups in total. The predicted molar refractivity (Wildman–Crippen MR) is 126 cm³/mol. The second kappa shape index (κ2) is 9.55. The number of unbranched alkanes of at least 4 members (excludes halogenated alkanes) is 2. The van der Waals surface area contributed by atoms with Gasteiger partial charge >= 0.3 is 5.69 Å². The lowest BCUT2D eigenvalue weighted by Gasteiger charge is -2.24. The van der Waals surface area contributed by atoms with Crippen molar-refractivity contribution in [1.29, 1.82) is 0 Å². The lowest BCUT2D eigenvalue weighted by atomic mass is 10.1. The van der Waals surface area contributed by atoms with E-state index >= 15 is 0 Å². The van der Waals surface area contributed by atoms with Gasteiger partial charge in [-0.1, -0.05) is 42.6 Å². The molecule has 0 saturated carbocycles. The minimum Gasteiger partial charge on any atom is -0.451 e. The molecular formula is C22H27BrN4O4. The standard InChI is InChI=1S/C22H27BrN4O4/c1-4-6-10-26(17-19(24)27(11-7-5-2)22(30)25-20(17)28)21(29)18-13(3)15-12-14(23)8-9-16(15)31-18/h8-9,12H,4-7,10-11,24H2,1-3H3,(H,25,28,30). The summed E-state index contributed by atoms with van der Waals surface area (Å²) in [5, 5.41) is 0.808. The van der Waals surface area contributed by atoms with Gasteiger partial charge in [-0.3, -0.25) is 24.0 Å². The number of aryl methyl sites for hydroxylation is 1. The lowest BCUT2D eigenvalue weighted by Crippen LogP contribution is -2.41. The van der Waals surface area contributed by atoms with E-state index in [9.17, 15) is 14.4 Å². The van der Waals surface area contributed by atoms with Crippen LogP contribution in [0, 0.1) is 6.92 Å². The number of nitrogen functional groups attached to an aromatic ring is 1. The molecule has 0 atom stereocenters. The van der Waals surface area contributed by atoms with Crippen LogP contribution in [-0.2, 0) is 6.54 Å². The smallest absolute Gasteiger partial charge is 0.330 e. The molecule has 0 fully saturated rings. The summed E-state index contributed by atoms with van der Waals surface area (Å²) in [5.74, 6) is -0.325. The first kappa shape index (κ1) is 22.9. The zero-order valence-electron chi connectivity index (χ0n) is 18.0. The summed E-state index contributed by atoms with van der Waals surface area (Å²) in [6.07, 6.45) is 3.04. The van der Waals surface area contributed by atoms with Crippen LogP contribution in [0.2, 0.25) is 0 Å². The minimum absolute atomic E-state index is 0.0110. The van der Waals surface area contributed by atoms with Crippen molar-refractivity contribution in [3.05, 3.63) is 54.8 Å². The van der Waals surface area contributed by atoms with Gasteiger partial charge in [0.1, 0.15) is 11.4 Å². The van der Waals surface area contributed by atoms with Crippen LogP contribution in [0.15, 0.2) is 36.7 Å². The van der Waals surface area contributed by atoms with E-state index in [4.69, 9.17) is 10.2 Å². The molecular weight excluding hydrogens is 464 g/mol. The second-order valence-corrected chi connectivity index (χ2v) is 8.42. The molecule has 0 unspecified atom stereocenters. The Morgan fingerprint density at radius 3 is 2.61 bits per heavy atom. The Morgan fingerprint density at radius 1 is 1.23 bits per heavy atom. The number of H-pyrrole nitrogens is 1. The summed E-state index contributed by atoms with van der Waals surface area (Å²) >= 11 is 3.44. The Morgan fingerprint density at radius 2 is 1.94 bits per heavy atom. The molecule has 1 amide bonds. The van der Waals surface area contributed by atoms with Crippen LogP contribution in [0.3, 0.4) is 0 Å². The van der Waals surface area contributed by atoms with Crippen molar-refractivity contribution in [2.75, 3.05) is 17.2 Å². The van der Waals surface area contributed by atoms with Crippen LogP contribution >= 0.6 is 15.9 Å². The van der Waals surface area contributed by atoms with Crippen molar-refractivity contribution in [2.24, 2.45) is 0 Å². The van der Waals surface area contributed by atoms with E-state index in [1.54, 1.807) is 13.0 Å². The molecule has 0 aliphatic heterocycles. The van der Waals surface area contributed by atoms with E-state index in [0.717, 1.165) is 29.1 Å². The topological polar surface area (TPSA) is 114 Å². The van der Waals surface area contributed by atoms with Crippen molar-refractivity contribution in [1.82, 2.24) is 9.55 Å². The normalized spacial score (nSPS) is 11.2. The van der Waals surface area contributed by atoms with E-state index < -0.39 is 17.2 Å². The third-order valence-corrected chi connectivity index (χ3v) is 5.79. The average molecular weight is 491 g/mol. The average Bonchev–Trinajstić information content (AvgIpc) is 3.05. The third kappa shape index (κ3) is 4.46. The molecule has 31 heavy (non-hydrogen) atoms. The fourth-order valence-electron chi connectivity index (χ4n) is 3.53. The molecule has 0 saturated heterocycles. The van der Waals surface area contributed by atoms with E-state index in [0.29, 0.717) is 24.1 Å². The maximum absolute atomic E-state index is 13.6. The Hall–Kier alpha value is -2.81. The predicted octanol–water partition coefficient (Wildman–Crippen LogP) is 4.18. The fourth-order valence-corrected chi connectivity index (χ4v) is 3.89. The number of nitrogens with two attached hydrogens (primary N) is 1. The minimum atomic E-state index is -0.684. The quantitative estimate of drug-likeness (QED) is 0.491. The van der Waals surface area contributed by atoms with E-state index in [-0.39, 0.29) is 23.8 Å². The highest BCUT2D eigenvalue weighted by atomic mass is 79.9. The molecule has 166 valence electrons. The van der Waals surface area contributed by atoms with Crippen LogP contribution in [0.25, 0.3) is 11.0 Å². The number of benzene rings is 1. The Balaban J connectivity index is 2.15. The SMILES string of the molecule is CCCCN(C(=O)c1oc2ccc(Br)cc2c1C)c1c(N)n(CCCC)c(=O)[nH]c1=O. The number of furan rings is 1. The van der Waals surface area contributed by atoms with Crippen molar-refractivity contribution < 1.29 is 9.21 Å². The molecule has 2 aromatic heterocycles. The van der Waals surface area contributed by atoms with Gasteiger partial charge in [0.2, 0.25) is 0 Å². The number of amides is 1. The van der Waals surface area contributed by atoms with Crippen molar-refractivity contribution in [2.45, 2.75) is 53.0 Å². The number of anilines is 2. The number of nitrogens with one attached hydrogen (secondary N) is 1. The first-order valence-electron chi connectivity index (χ1n) is 10.4. The highest BCUT2D eigenvalue weighted by Gasteiger charge is 2.29. The summed E-state index contributed by atoms with van der Waals surface area (Å²) in [6, 6.07) is 5.50. The Kier molecular flexibility index (Phi) is 7.04. The van der Waals surface area contributed by atoms with Gasteiger partial charge in [0.15, 0.2) is 11.4 Å². The summed E-state index contributed by atoms with van der Waals surface area (Å²) < 4.78 is 8.05. The van der Waals surface area contributed by atoms with Gasteiger partial charge in [0.25, 0.3) is 11.5 Å². The molecule has 8 nitrogen and oxygen atoms in total. The van der Waals surface area contributed by atoms with Crippen molar-refractivity contribution in [3.8, 4) is 0 Å². The summed E-state index contributed by atoms with van der Waals surface area (Å²) in [6.45, 7) is 6.42. The molecule has 1 aromatic carbocycles. The van der Waals surface area contributed by atoms with Crippen molar-refractivity contribution in [3.63, 3.8) is 0 Å². The number of halogens is 1. The van der Waals surface area contributed by atoms with E-state index in [1.807, 2.05) is 26.0 Å². The Bertz CT molecular complexity index is 1220. The number of hydrogen-bond acceptors (Lipinski definition) is 5. The first-order chi connectivity index (χ1) is 14.8. The zero-order valence-corrected chi connectivity index (χ0v) is 19.5. The summed E-state index contributed by atoms with van der Waals surface area (Å²) in [5.41, 5.74) is 6.24. The van der Waals surface area contributed by atoms with E-state index in [1.165, 1.54) is 9.47 Å². The monoisotopic (exact) mass is 490 g/mol. The first-order valence-corrected chi connectivity index (χ1v) is 11.2. The van der Waals surface area contributed by atoms with Crippen LogP contribution < -0.4 is 21.9 Å². The van der Waals surface area contributed by atoms with Gasteiger partial charge < -0.3 is 10.2 Å². The molecule has 9 heteroatoms. The second-order valence-electron chi connectivity index (χ2n) is 7.51. The molecule has 3 aromatic rings. The van der Waals surface area contributed by atoms with Gasteiger partial charge in [0.05, 0.1) is 0 Å². The van der Waals surface area contributed by atoms with Crippen LogP contribution in [0.4, 0.5) is 11.5 Å². The maximum atomic E-state index is 13.6. The van der Waals surface area contributed by atoms with Crippen LogP contribution in [0.1, 0.15) is 55.6 Å². The van der Waals surface area contributed by atoms with Gasteiger partial charge in [-0.15, -0.1) is 0 Å². The molecule has 0 aliphatic carbocycles. The number of rotatable bonds is 8. The molecule has 3 rings (SSSR count). The highest BCUT2D eigenvalue weighted by Crippen LogP contribution is 2.30. The molecule has 0 aliphatic rings. The van der Waals surface area contributed by atoms with Crippen LogP contribution in [-0.4, -0.2) is 22.0 Å². The molecule has 0 radical (unpaired) electrons. The molecule has 2 heterocycles. The van der Waals surface area contributed by atoms with Gasteiger partial charge in [0, 0.05) is 28.5 Å². The number of carbonyl (C=O) groups is 1. The Labute approximate surface area is 188 Å². The largest absolute Gasteiger partial charge is 0.451 e. The summed E-state index contributed by atoms with van der Waals surface area (Å²) in [4.78, 5) is 42.3. The van der Waals surface area contributed by atoms with Crippen molar-refractivity contribution >= 4 is 44.3 Å². The van der Waals surface area contributed by atoms with Gasteiger partial charge in [-0.05, 0) is 38.0 Å². The van der Waals surface area contributed by atoms with Gasteiger partial charge in [-0.2, -0.15) is 0 Å². The number of fused-ring (bicyclic) bond motifs is 1. The molecule has 0 bridgehead atoms. The van der Waals surface area contributed by atoms with Gasteiger partial charge in [-0.25, -0.2) is 4.79 Å². The summed E-state index contributed by atoms with van der Waals surface area (Å²) in [7, 11) is 0. The third-order valence-electron chi connectivity index (χ3n) is 5.29. The number of aromatic amines is 1. The number of carbonyl (C=O) groups excluding carboxylic acids is 1. The number of nitrogens with zero attached hydrogens (tertiary/aromatic N) is 2. The zero-order chi connectivity index (χ0) is 22.7. The number of aromatic nitrogens is 2.